The zero-order chi connectivity index (χ0) is 18.0. The highest BCUT2D eigenvalue weighted by Crippen LogP contribution is 2.26. The Hall–Kier alpha value is -1.76. The summed E-state index contributed by atoms with van der Waals surface area (Å²) in [5.74, 6) is 0.495. The number of hydrogen-bond donors (Lipinski definition) is 0. The molecule has 2 aromatic carbocycles. The third-order valence-corrected chi connectivity index (χ3v) is 6.18. The number of hydrogen-bond acceptors (Lipinski definition) is 5. The van der Waals surface area contributed by atoms with E-state index in [-0.39, 0.29) is 5.78 Å². The summed E-state index contributed by atoms with van der Waals surface area (Å²) in [6, 6.07) is 13.9. The number of para-hydroxylation sites is 1. The third kappa shape index (κ3) is 4.08. The Kier molecular flexibility index (Phi) is 5.51. The number of carbonyl (C=O) groups is 1. The topological polar surface area (TPSA) is 34.9 Å². The highest BCUT2D eigenvalue weighted by atomic mass is 32.2. The van der Waals surface area contributed by atoms with Crippen molar-refractivity contribution in [3.05, 3.63) is 68.7 Å². The molecular weight excluding hydrogens is 368 g/mol. The van der Waals surface area contributed by atoms with Gasteiger partial charge >= 0.3 is 0 Å². The van der Waals surface area contributed by atoms with Crippen LogP contribution in [0.3, 0.4) is 0 Å². The van der Waals surface area contributed by atoms with Crippen molar-refractivity contribution in [3.8, 4) is 5.69 Å². The Morgan fingerprint density at radius 3 is 2.44 bits per heavy atom. The van der Waals surface area contributed by atoms with Gasteiger partial charge in [0.1, 0.15) is 0 Å². The van der Waals surface area contributed by atoms with Crippen LogP contribution in [-0.2, 0) is 0 Å². The minimum Gasteiger partial charge on any atom is -0.293 e. The molecule has 3 aromatic rings. The van der Waals surface area contributed by atoms with Crippen molar-refractivity contribution in [2.75, 3.05) is 5.75 Å². The van der Waals surface area contributed by atoms with E-state index in [2.05, 4.69) is 17.2 Å². The van der Waals surface area contributed by atoms with Crippen LogP contribution < -0.4 is 0 Å². The van der Waals surface area contributed by atoms with E-state index in [9.17, 15) is 4.79 Å². The summed E-state index contributed by atoms with van der Waals surface area (Å²) in [7, 11) is 0. The van der Waals surface area contributed by atoms with E-state index in [0.29, 0.717) is 9.71 Å². The maximum absolute atomic E-state index is 12.7. The summed E-state index contributed by atoms with van der Waals surface area (Å²) < 4.78 is 3.24. The minimum atomic E-state index is 0.132. The number of thioether (sulfide) groups is 1. The molecule has 0 radical (unpaired) electrons. The maximum Gasteiger partial charge on any atom is 0.184 e. The molecule has 1 heterocycles. The Bertz CT molecular complexity index is 951. The zero-order valence-electron chi connectivity index (χ0n) is 14.3. The second-order valence-electron chi connectivity index (χ2n) is 5.87. The fourth-order valence-electron chi connectivity index (χ4n) is 2.87. The van der Waals surface area contributed by atoms with Crippen molar-refractivity contribution >= 4 is 41.1 Å². The lowest BCUT2D eigenvalue weighted by Crippen LogP contribution is -2.08. The van der Waals surface area contributed by atoms with Crippen molar-refractivity contribution in [2.24, 2.45) is 0 Å². The quantitative estimate of drug-likeness (QED) is 0.326. The van der Waals surface area contributed by atoms with Crippen LogP contribution in [0, 0.1) is 24.7 Å². The molecule has 0 spiro atoms. The number of aryl methyl sites for hydroxylation is 3. The standard InChI is InChI=1S/C19H18N2OS3/c1-12-9-13(2)17(14(3)10-12)16(22)11-24-18-20-21(19(23)25-18)15-7-5-4-6-8-15/h4-10H,11H2,1-3H3. The van der Waals surface area contributed by atoms with Gasteiger partial charge in [-0.3, -0.25) is 4.79 Å². The summed E-state index contributed by atoms with van der Waals surface area (Å²) in [6.07, 6.45) is 0. The first-order valence-corrected chi connectivity index (χ1v) is 10.1. The first-order chi connectivity index (χ1) is 12.0. The number of carbonyl (C=O) groups excluding carboxylic acids is 1. The Morgan fingerprint density at radius 1 is 1.16 bits per heavy atom. The summed E-state index contributed by atoms with van der Waals surface area (Å²) >= 11 is 8.28. The summed E-state index contributed by atoms with van der Waals surface area (Å²) in [6.45, 7) is 6.03. The monoisotopic (exact) mass is 386 g/mol. The molecule has 0 aliphatic carbocycles. The van der Waals surface area contributed by atoms with Crippen molar-refractivity contribution in [1.82, 2.24) is 9.78 Å². The average molecular weight is 387 g/mol. The third-order valence-electron chi connectivity index (χ3n) is 3.81. The van der Waals surface area contributed by atoms with Crippen molar-refractivity contribution in [3.63, 3.8) is 0 Å². The Balaban J connectivity index is 1.77. The van der Waals surface area contributed by atoms with Crippen LogP contribution in [0.15, 0.2) is 46.8 Å². The smallest absolute Gasteiger partial charge is 0.184 e. The number of Topliss-reactive ketones (excluding diaryl/α,β-unsaturated/α-hetero) is 1. The number of rotatable bonds is 5. The molecule has 0 fully saturated rings. The molecular formula is C19H18N2OS3. The number of nitrogens with zero attached hydrogens (tertiary/aromatic N) is 2. The SMILES string of the molecule is Cc1cc(C)c(C(=O)CSc2nn(-c3ccccc3)c(=S)s2)c(C)c1. The lowest BCUT2D eigenvalue weighted by atomic mass is 9.97. The van der Waals surface area contributed by atoms with E-state index in [0.717, 1.165) is 26.7 Å². The minimum absolute atomic E-state index is 0.132. The Labute approximate surface area is 160 Å². The summed E-state index contributed by atoms with van der Waals surface area (Å²) in [5, 5.41) is 4.55. The van der Waals surface area contributed by atoms with Crippen LogP contribution in [0.2, 0.25) is 0 Å². The molecule has 6 heteroatoms. The van der Waals surface area contributed by atoms with E-state index in [1.54, 1.807) is 4.68 Å². The van der Waals surface area contributed by atoms with Crippen molar-refractivity contribution < 1.29 is 4.79 Å². The largest absolute Gasteiger partial charge is 0.293 e. The average Bonchev–Trinajstić information content (AvgIpc) is 2.94. The van der Waals surface area contributed by atoms with Crippen LogP contribution in [0.5, 0.6) is 0 Å². The van der Waals surface area contributed by atoms with E-state index in [4.69, 9.17) is 12.2 Å². The predicted octanol–water partition coefficient (Wildman–Crippen LogP) is 5.56. The van der Waals surface area contributed by atoms with Gasteiger partial charge in [0.25, 0.3) is 0 Å². The van der Waals surface area contributed by atoms with Gasteiger partial charge in [0.15, 0.2) is 14.1 Å². The molecule has 3 nitrogen and oxygen atoms in total. The van der Waals surface area contributed by atoms with Gasteiger partial charge in [-0.2, -0.15) is 0 Å². The van der Waals surface area contributed by atoms with Crippen molar-refractivity contribution in [2.45, 2.75) is 25.1 Å². The lowest BCUT2D eigenvalue weighted by Gasteiger charge is -2.09. The highest BCUT2D eigenvalue weighted by molar-refractivity contribution is 8.01. The second-order valence-corrected chi connectivity index (χ2v) is 8.71. The first-order valence-electron chi connectivity index (χ1n) is 7.85. The molecule has 128 valence electrons. The fourth-order valence-corrected chi connectivity index (χ4v) is 5.10. The van der Waals surface area contributed by atoms with Gasteiger partial charge in [0.05, 0.1) is 11.4 Å². The molecule has 0 atom stereocenters. The van der Waals surface area contributed by atoms with Crippen LogP contribution in [0.25, 0.3) is 5.69 Å². The van der Waals surface area contributed by atoms with Crippen LogP contribution >= 0.6 is 35.3 Å². The van der Waals surface area contributed by atoms with Gasteiger partial charge in [-0.1, -0.05) is 59.0 Å². The van der Waals surface area contributed by atoms with E-state index < -0.39 is 0 Å². The molecule has 0 unspecified atom stereocenters. The van der Waals surface area contributed by atoms with Gasteiger partial charge in [0, 0.05) is 5.56 Å². The predicted molar refractivity (Wildman–Crippen MR) is 108 cm³/mol. The number of aromatic nitrogens is 2. The van der Waals surface area contributed by atoms with Gasteiger partial charge in [-0.15, -0.1) is 5.10 Å². The van der Waals surface area contributed by atoms with Gasteiger partial charge in [0.2, 0.25) is 0 Å². The molecule has 3 rings (SSSR count). The Morgan fingerprint density at radius 2 is 1.80 bits per heavy atom. The number of benzene rings is 2. The zero-order valence-corrected chi connectivity index (χ0v) is 16.7. The van der Waals surface area contributed by atoms with E-state index in [1.165, 1.54) is 28.7 Å². The number of ketones is 1. The molecule has 1 aromatic heterocycles. The molecule has 0 saturated heterocycles. The van der Waals surface area contributed by atoms with Gasteiger partial charge in [-0.05, 0) is 56.2 Å². The molecule has 0 bridgehead atoms. The second kappa shape index (κ2) is 7.64. The van der Waals surface area contributed by atoms with Crippen molar-refractivity contribution in [1.29, 1.82) is 0 Å². The van der Waals surface area contributed by atoms with E-state index >= 15 is 0 Å². The van der Waals surface area contributed by atoms with E-state index in [1.807, 2.05) is 51.1 Å². The van der Waals surface area contributed by atoms with Gasteiger partial charge < -0.3 is 0 Å². The molecule has 0 aliphatic rings. The molecule has 0 N–H and O–H groups in total. The summed E-state index contributed by atoms with van der Waals surface area (Å²) in [4.78, 5) is 12.7. The first kappa shape index (κ1) is 18.0. The van der Waals surface area contributed by atoms with Crippen LogP contribution in [0.4, 0.5) is 0 Å². The fraction of sp³-hybridized carbons (Fsp3) is 0.211. The molecule has 0 amide bonds. The molecule has 25 heavy (non-hydrogen) atoms. The maximum atomic E-state index is 12.7. The van der Waals surface area contributed by atoms with Gasteiger partial charge in [-0.25, -0.2) is 4.68 Å². The molecule has 0 saturated carbocycles. The van der Waals surface area contributed by atoms with Crippen LogP contribution in [-0.4, -0.2) is 21.3 Å². The van der Waals surface area contributed by atoms with Crippen LogP contribution in [0.1, 0.15) is 27.0 Å². The molecule has 0 aliphatic heterocycles. The highest BCUT2D eigenvalue weighted by Gasteiger charge is 2.15. The lowest BCUT2D eigenvalue weighted by molar-refractivity contribution is 0.102. The summed E-state index contributed by atoms with van der Waals surface area (Å²) in [5.41, 5.74) is 5.01. The normalized spacial score (nSPS) is 10.8.